The number of aryl methyl sites for hydroxylation is 2. The molecule has 3 aromatic rings. The van der Waals surface area contributed by atoms with Gasteiger partial charge in [0, 0.05) is 17.5 Å². The highest BCUT2D eigenvalue weighted by atomic mass is 32.1. The lowest BCUT2D eigenvalue weighted by Crippen LogP contribution is -2.13. The van der Waals surface area contributed by atoms with E-state index in [1.54, 1.807) is 16.0 Å². The first kappa shape index (κ1) is 15.6. The summed E-state index contributed by atoms with van der Waals surface area (Å²) in [5.74, 6) is 0.654. The molecule has 4 rings (SSSR count). The van der Waals surface area contributed by atoms with E-state index in [4.69, 9.17) is 0 Å². The Hall–Kier alpha value is -1.93. The number of aromatic nitrogens is 5. The van der Waals surface area contributed by atoms with Crippen molar-refractivity contribution in [1.29, 1.82) is 0 Å². The zero-order valence-electron chi connectivity index (χ0n) is 13.5. The summed E-state index contributed by atoms with van der Waals surface area (Å²) < 4.78 is 1.64. The molecule has 0 spiro atoms. The van der Waals surface area contributed by atoms with Gasteiger partial charge < -0.3 is 0 Å². The van der Waals surface area contributed by atoms with Crippen LogP contribution in [0, 0.1) is 13.8 Å². The fourth-order valence-corrected chi connectivity index (χ4v) is 4.40. The van der Waals surface area contributed by atoms with Crippen LogP contribution in [0.15, 0.2) is 11.6 Å². The minimum Gasteiger partial charge on any atom is -0.297 e. The molecule has 1 fully saturated rings. The van der Waals surface area contributed by atoms with E-state index in [1.165, 1.54) is 24.2 Å². The molecule has 0 aliphatic heterocycles. The minimum atomic E-state index is 0.0976. The van der Waals surface area contributed by atoms with Crippen LogP contribution in [0.1, 0.15) is 40.2 Å². The van der Waals surface area contributed by atoms with Crippen LogP contribution in [-0.2, 0) is 17.8 Å². The summed E-state index contributed by atoms with van der Waals surface area (Å²) in [7, 11) is 0. The smallest absolute Gasteiger partial charge is 0.161 e. The summed E-state index contributed by atoms with van der Waals surface area (Å²) in [4.78, 5) is 22.4. The first-order chi connectivity index (χ1) is 11.6. The lowest BCUT2D eigenvalue weighted by Gasteiger charge is -1.98. The van der Waals surface area contributed by atoms with E-state index in [9.17, 15) is 4.79 Å². The van der Waals surface area contributed by atoms with Gasteiger partial charge in [-0.2, -0.15) is 0 Å². The Balaban J connectivity index is 1.41. The number of thiazole rings is 2. The maximum Gasteiger partial charge on any atom is 0.161 e. The maximum absolute atomic E-state index is 12.3. The molecule has 0 aromatic carbocycles. The Morgan fingerprint density at radius 3 is 2.88 bits per heavy atom. The second-order valence-electron chi connectivity index (χ2n) is 6.10. The SMILES string of the molecule is Cc1nc(C)c(-c2csc(CC(=O)Cn3cc(C4CC4)nn3)n2)s1. The summed E-state index contributed by atoms with van der Waals surface area (Å²) in [6.07, 6.45) is 4.60. The van der Waals surface area contributed by atoms with Gasteiger partial charge in [-0.3, -0.25) is 4.79 Å². The summed E-state index contributed by atoms with van der Waals surface area (Å²) in [6, 6.07) is 0. The van der Waals surface area contributed by atoms with Crippen molar-refractivity contribution in [3.8, 4) is 10.6 Å². The molecular formula is C16H17N5OS2. The van der Waals surface area contributed by atoms with E-state index in [2.05, 4.69) is 20.3 Å². The van der Waals surface area contributed by atoms with Crippen LogP contribution < -0.4 is 0 Å². The van der Waals surface area contributed by atoms with Crippen molar-refractivity contribution in [2.45, 2.75) is 45.6 Å². The summed E-state index contributed by atoms with van der Waals surface area (Å²) in [5, 5.41) is 12.1. The van der Waals surface area contributed by atoms with E-state index >= 15 is 0 Å². The Labute approximate surface area is 147 Å². The highest BCUT2D eigenvalue weighted by molar-refractivity contribution is 7.16. The second-order valence-corrected chi connectivity index (χ2v) is 8.25. The van der Waals surface area contributed by atoms with Crippen LogP contribution in [0.2, 0.25) is 0 Å². The number of rotatable bonds is 6. The van der Waals surface area contributed by atoms with Gasteiger partial charge in [0.25, 0.3) is 0 Å². The van der Waals surface area contributed by atoms with E-state index < -0.39 is 0 Å². The predicted molar refractivity (Wildman–Crippen MR) is 93.4 cm³/mol. The van der Waals surface area contributed by atoms with Crippen molar-refractivity contribution in [2.75, 3.05) is 0 Å². The molecule has 8 heteroatoms. The number of carbonyl (C=O) groups is 1. The van der Waals surface area contributed by atoms with Crippen molar-refractivity contribution in [3.63, 3.8) is 0 Å². The van der Waals surface area contributed by atoms with Gasteiger partial charge in [-0.1, -0.05) is 5.21 Å². The quantitative estimate of drug-likeness (QED) is 0.676. The third kappa shape index (κ3) is 3.29. The molecule has 3 heterocycles. The van der Waals surface area contributed by atoms with Crippen molar-refractivity contribution >= 4 is 28.5 Å². The highest BCUT2D eigenvalue weighted by Crippen LogP contribution is 2.38. The van der Waals surface area contributed by atoms with Gasteiger partial charge in [-0.25, -0.2) is 14.6 Å². The van der Waals surface area contributed by atoms with Gasteiger partial charge in [0.1, 0.15) is 11.6 Å². The van der Waals surface area contributed by atoms with Crippen LogP contribution in [0.5, 0.6) is 0 Å². The third-order valence-corrected chi connectivity index (χ3v) is 5.87. The maximum atomic E-state index is 12.3. The number of hydrogen-bond donors (Lipinski definition) is 0. The van der Waals surface area contributed by atoms with Gasteiger partial charge >= 0.3 is 0 Å². The first-order valence-electron chi connectivity index (χ1n) is 7.89. The number of hydrogen-bond acceptors (Lipinski definition) is 7. The summed E-state index contributed by atoms with van der Waals surface area (Å²) in [5.41, 5.74) is 2.92. The molecule has 3 aromatic heterocycles. The van der Waals surface area contributed by atoms with Crippen molar-refractivity contribution in [2.24, 2.45) is 0 Å². The molecular weight excluding hydrogens is 342 g/mol. The molecule has 0 unspecified atom stereocenters. The summed E-state index contributed by atoms with van der Waals surface area (Å²) in [6.45, 7) is 4.24. The van der Waals surface area contributed by atoms with Crippen LogP contribution in [0.4, 0.5) is 0 Å². The number of ketones is 1. The molecule has 1 aliphatic rings. The lowest BCUT2D eigenvalue weighted by atomic mass is 10.3. The first-order valence-corrected chi connectivity index (χ1v) is 9.58. The fourth-order valence-electron chi connectivity index (χ4n) is 2.63. The molecule has 0 N–H and O–H groups in total. The summed E-state index contributed by atoms with van der Waals surface area (Å²) >= 11 is 3.16. The van der Waals surface area contributed by atoms with Crippen LogP contribution >= 0.6 is 22.7 Å². The van der Waals surface area contributed by atoms with Gasteiger partial charge in [0.15, 0.2) is 5.78 Å². The normalized spacial score (nSPS) is 14.2. The molecule has 0 saturated heterocycles. The molecule has 124 valence electrons. The zero-order valence-corrected chi connectivity index (χ0v) is 15.2. The number of Topliss-reactive ketones (excluding diaryl/α,β-unsaturated/α-hetero) is 1. The molecule has 1 saturated carbocycles. The fraction of sp³-hybridized carbons (Fsp3) is 0.438. The molecule has 24 heavy (non-hydrogen) atoms. The lowest BCUT2D eigenvalue weighted by molar-refractivity contribution is -0.119. The van der Waals surface area contributed by atoms with E-state index in [-0.39, 0.29) is 12.3 Å². The second kappa shape index (κ2) is 6.18. The van der Waals surface area contributed by atoms with Gasteiger partial charge in [-0.05, 0) is 26.7 Å². The van der Waals surface area contributed by atoms with Crippen molar-refractivity contribution in [1.82, 2.24) is 25.0 Å². The minimum absolute atomic E-state index is 0.0976. The van der Waals surface area contributed by atoms with E-state index in [1.807, 2.05) is 25.4 Å². The molecule has 0 atom stereocenters. The average molecular weight is 359 g/mol. The Kier molecular flexibility index (Phi) is 4.01. The monoisotopic (exact) mass is 359 g/mol. The largest absolute Gasteiger partial charge is 0.297 e. The van der Waals surface area contributed by atoms with E-state index in [0.717, 1.165) is 32.0 Å². The zero-order chi connectivity index (χ0) is 16.7. The van der Waals surface area contributed by atoms with Crippen molar-refractivity contribution < 1.29 is 4.79 Å². The van der Waals surface area contributed by atoms with Crippen LogP contribution in [0.25, 0.3) is 10.6 Å². The Bertz CT molecular complexity index is 890. The van der Waals surface area contributed by atoms with Gasteiger partial charge in [0.2, 0.25) is 0 Å². The van der Waals surface area contributed by atoms with Gasteiger partial charge in [-0.15, -0.1) is 27.8 Å². The van der Waals surface area contributed by atoms with Crippen molar-refractivity contribution in [3.05, 3.63) is 33.0 Å². The Morgan fingerprint density at radius 2 is 2.17 bits per heavy atom. The molecule has 6 nitrogen and oxygen atoms in total. The predicted octanol–water partition coefficient (Wildman–Crippen LogP) is 3.16. The van der Waals surface area contributed by atoms with Gasteiger partial charge in [0.05, 0.1) is 33.4 Å². The van der Waals surface area contributed by atoms with Crippen LogP contribution in [0.3, 0.4) is 0 Å². The number of carbonyl (C=O) groups excluding carboxylic acids is 1. The van der Waals surface area contributed by atoms with Crippen LogP contribution in [-0.4, -0.2) is 30.7 Å². The standard InChI is InChI=1S/C16H17N5OS2/c1-9-16(24-10(2)17-9)14-8-23-15(18-14)5-12(22)6-21-7-13(19-20-21)11-3-4-11/h7-8,11H,3-6H2,1-2H3. The third-order valence-electron chi connectivity index (χ3n) is 3.93. The number of nitrogens with zero attached hydrogens (tertiary/aromatic N) is 5. The topological polar surface area (TPSA) is 73.6 Å². The Morgan fingerprint density at radius 1 is 1.33 bits per heavy atom. The molecule has 0 radical (unpaired) electrons. The molecule has 1 aliphatic carbocycles. The average Bonchev–Trinajstić information content (AvgIpc) is 2.94. The molecule has 0 amide bonds. The molecule has 0 bridgehead atoms. The van der Waals surface area contributed by atoms with E-state index in [0.29, 0.717) is 12.3 Å². The highest BCUT2D eigenvalue weighted by Gasteiger charge is 2.26.